The van der Waals surface area contributed by atoms with Crippen LogP contribution in [-0.2, 0) is 16.6 Å². The van der Waals surface area contributed by atoms with Gasteiger partial charge in [0.05, 0.1) is 0 Å². The number of amides is 2. The van der Waals surface area contributed by atoms with E-state index in [0.29, 0.717) is 23.0 Å². The minimum absolute atomic E-state index is 0.0258. The summed E-state index contributed by atoms with van der Waals surface area (Å²) in [7, 11) is 1.98. The third-order valence-corrected chi connectivity index (χ3v) is 7.51. The molecule has 0 fully saturated rings. The van der Waals surface area contributed by atoms with Gasteiger partial charge in [-0.2, -0.15) is 5.26 Å². The zero-order chi connectivity index (χ0) is 24.6. The maximum Gasteiger partial charge on any atom is 0.271 e. The number of imide groups is 1. The summed E-state index contributed by atoms with van der Waals surface area (Å²) in [6.45, 7) is 12.5. The second-order valence-corrected chi connectivity index (χ2v) is 10.1. The van der Waals surface area contributed by atoms with Crippen molar-refractivity contribution in [1.29, 1.82) is 5.26 Å². The molecule has 1 aliphatic rings. The first kappa shape index (κ1) is 25.0. The molecule has 0 saturated heterocycles. The Balaban J connectivity index is 2.17. The van der Waals surface area contributed by atoms with Crippen molar-refractivity contribution in [3.63, 3.8) is 0 Å². The van der Waals surface area contributed by atoms with E-state index in [0.717, 1.165) is 21.9 Å². The number of likely N-dealkylation sites (N-methyl/N-ethyl adjacent to an activating group) is 1. The first-order valence-corrected chi connectivity index (χ1v) is 12.3. The summed E-state index contributed by atoms with van der Waals surface area (Å²) in [5.41, 5.74) is 6.53. The fourth-order valence-electron chi connectivity index (χ4n) is 4.18. The minimum Gasteiger partial charge on any atom is -0.344 e. The second kappa shape index (κ2) is 9.68. The van der Waals surface area contributed by atoms with Crippen LogP contribution < -0.4 is 0 Å². The van der Waals surface area contributed by atoms with Gasteiger partial charge in [0, 0.05) is 34.1 Å². The molecule has 0 bridgehead atoms. The number of rotatable bonds is 5. The van der Waals surface area contributed by atoms with Crippen LogP contribution in [0.3, 0.4) is 0 Å². The summed E-state index contributed by atoms with van der Waals surface area (Å²) in [5, 5.41) is 9.49. The highest BCUT2D eigenvalue weighted by Crippen LogP contribution is 2.35. The van der Waals surface area contributed by atoms with E-state index in [-0.39, 0.29) is 18.0 Å². The van der Waals surface area contributed by atoms with Gasteiger partial charge >= 0.3 is 0 Å². The molecule has 2 heterocycles. The summed E-state index contributed by atoms with van der Waals surface area (Å²) < 4.78 is 3.38. The number of halogens is 1. The van der Waals surface area contributed by atoms with Gasteiger partial charge in [-0.25, -0.2) is 0 Å². The molecule has 0 atom stereocenters. The Kier molecular flexibility index (Phi) is 7.32. The molecule has 3 rings (SSSR count). The molecule has 0 saturated carbocycles. The van der Waals surface area contributed by atoms with Crippen molar-refractivity contribution in [3.8, 4) is 17.3 Å². The molecule has 1 aromatic heterocycles. The summed E-state index contributed by atoms with van der Waals surface area (Å²) in [4.78, 5) is 26.6. The molecule has 0 N–H and O–H groups in total. The number of carbonyl (C=O) groups excluding carboxylic acids is 2. The molecule has 0 aliphatic carbocycles. The van der Waals surface area contributed by atoms with E-state index < -0.39 is 5.91 Å². The SMILES string of the molecule is CCN1C(=O)C(C#N)=C(C)/C(=C/c2ccc(-c3cc(C(C)C)c(I)c(C(C)C)c3)n2C)C1=O. The fourth-order valence-corrected chi connectivity index (χ4v) is 5.74. The lowest BCUT2D eigenvalue weighted by molar-refractivity contribution is -0.140. The van der Waals surface area contributed by atoms with E-state index in [9.17, 15) is 14.9 Å². The van der Waals surface area contributed by atoms with Crippen LogP contribution in [-0.4, -0.2) is 27.8 Å². The summed E-state index contributed by atoms with van der Waals surface area (Å²) >= 11 is 2.46. The predicted octanol–water partition coefficient (Wildman–Crippen LogP) is 6.16. The van der Waals surface area contributed by atoms with Gasteiger partial charge in [-0.3, -0.25) is 14.5 Å². The van der Waals surface area contributed by atoms with Crippen LogP contribution in [0.2, 0.25) is 0 Å². The molecule has 1 aliphatic heterocycles. The summed E-state index contributed by atoms with van der Waals surface area (Å²) in [6, 6.07) is 10.5. The molecule has 5 nitrogen and oxygen atoms in total. The highest BCUT2D eigenvalue weighted by molar-refractivity contribution is 14.1. The average Bonchev–Trinajstić information content (AvgIpc) is 3.11. The number of benzene rings is 1. The number of aromatic nitrogens is 1. The Morgan fingerprint density at radius 3 is 2.12 bits per heavy atom. The number of carbonyl (C=O) groups is 2. The van der Waals surface area contributed by atoms with Crippen LogP contribution in [0.25, 0.3) is 17.3 Å². The number of hydrogen-bond acceptors (Lipinski definition) is 3. The molecule has 6 heteroatoms. The van der Waals surface area contributed by atoms with Gasteiger partial charge in [0.15, 0.2) is 0 Å². The monoisotopic (exact) mass is 555 g/mol. The van der Waals surface area contributed by atoms with E-state index in [1.165, 1.54) is 14.7 Å². The first-order chi connectivity index (χ1) is 15.5. The molecule has 2 amide bonds. The minimum atomic E-state index is -0.520. The van der Waals surface area contributed by atoms with Gasteiger partial charge in [-0.1, -0.05) is 27.7 Å². The van der Waals surface area contributed by atoms with Crippen molar-refractivity contribution in [2.75, 3.05) is 6.54 Å². The van der Waals surface area contributed by atoms with Crippen LogP contribution >= 0.6 is 22.6 Å². The Hall–Kier alpha value is -2.66. The molecule has 1 aromatic carbocycles. The van der Waals surface area contributed by atoms with E-state index in [1.807, 2.05) is 19.2 Å². The number of hydrogen-bond donors (Lipinski definition) is 0. The molecule has 0 unspecified atom stereocenters. The smallest absolute Gasteiger partial charge is 0.271 e. The van der Waals surface area contributed by atoms with Crippen molar-refractivity contribution in [1.82, 2.24) is 9.47 Å². The van der Waals surface area contributed by atoms with Gasteiger partial charge < -0.3 is 4.57 Å². The lowest BCUT2D eigenvalue weighted by Gasteiger charge is -2.26. The lowest BCUT2D eigenvalue weighted by atomic mass is 9.92. The zero-order valence-corrected chi connectivity index (χ0v) is 22.4. The van der Waals surface area contributed by atoms with Crippen molar-refractivity contribution < 1.29 is 9.59 Å². The number of nitriles is 1. The van der Waals surface area contributed by atoms with E-state index >= 15 is 0 Å². The summed E-state index contributed by atoms with van der Waals surface area (Å²) in [5.74, 6) is -0.0645. The van der Waals surface area contributed by atoms with E-state index in [1.54, 1.807) is 19.9 Å². The van der Waals surface area contributed by atoms with Crippen LogP contribution in [0.15, 0.2) is 41.0 Å². The number of nitrogens with zero attached hydrogens (tertiary/aromatic N) is 3. The molecule has 0 radical (unpaired) electrons. The molecule has 172 valence electrons. The second-order valence-electron chi connectivity index (χ2n) is 9.00. The highest BCUT2D eigenvalue weighted by atomic mass is 127. The Bertz CT molecular complexity index is 1210. The van der Waals surface area contributed by atoms with Gasteiger partial charge in [0.25, 0.3) is 11.8 Å². The fraction of sp³-hybridized carbons (Fsp3) is 0.370. The molecule has 2 aromatic rings. The standard InChI is InChI=1S/C27H30IN3O2/c1-8-31-26(32)22(17(6)23(14-29)27(31)33)13-19-9-10-24(30(19)7)18-11-20(15(2)3)25(28)21(12-18)16(4)5/h9-13,15-16H,8H2,1-7H3/b22-13-. The maximum atomic E-state index is 13.0. The normalized spacial score (nSPS) is 15.9. The zero-order valence-electron chi connectivity index (χ0n) is 20.3. The van der Waals surface area contributed by atoms with Crippen LogP contribution in [0.5, 0.6) is 0 Å². The maximum absolute atomic E-state index is 13.0. The van der Waals surface area contributed by atoms with Crippen molar-refractivity contribution in [2.24, 2.45) is 7.05 Å². The van der Waals surface area contributed by atoms with Crippen LogP contribution in [0, 0.1) is 14.9 Å². The van der Waals surface area contributed by atoms with E-state index in [2.05, 4.69) is 73.1 Å². The third-order valence-electron chi connectivity index (χ3n) is 6.26. The van der Waals surface area contributed by atoms with Crippen LogP contribution in [0.1, 0.15) is 70.2 Å². The average molecular weight is 555 g/mol. The van der Waals surface area contributed by atoms with Gasteiger partial charge in [-0.05, 0) is 101 Å². The molecular formula is C27H30IN3O2. The van der Waals surface area contributed by atoms with Crippen molar-refractivity contribution in [2.45, 2.75) is 53.4 Å². The first-order valence-electron chi connectivity index (χ1n) is 11.2. The van der Waals surface area contributed by atoms with Gasteiger partial charge in [-0.15, -0.1) is 0 Å². The van der Waals surface area contributed by atoms with Crippen LogP contribution in [0.4, 0.5) is 0 Å². The summed E-state index contributed by atoms with van der Waals surface area (Å²) in [6.07, 6.45) is 1.78. The topological polar surface area (TPSA) is 66.1 Å². The lowest BCUT2D eigenvalue weighted by Crippen LogP contribution is -2.42. The van der Waals surface area contributed by atoms with Gasteiger partial charge in [0.1, 0.15) is 11.6 Å². The largest absolute Gasteiger partial charge is 0.344 e. The molecule has 33 heavy (non-hydrogen) atoms. The quantitative estimate of drug-likeness (QED) is 0.252. The van der Waals surface area contributed by atoms with Crippen molar-refractivity contribution in [3.05, 3.63) is 61.4 Å². The Labute approximate surface area is 209 Å². The molecular weight excluding hydrogens is 525 g/mol. The Morgan fingerprint density at radius 1 is 1.06 bits per heavy atom. The molecule has 0 spiro atoms. The third kappa shape index (κ3) is 4.43. The van der Waals surface area contributed by atoms with E-state index in [4.69, 9.17) is 0 Å². The highest BCUT2D eigenvalue weighted by Gasteiger charge is 2.34. The predicted molar refractivity (Wildman–Crippen MR) is 140 cm³/mol. The van der Waals surface area contributed by atoms with Crippen molar-refractivity contribution >= 4 is 40.5 Å². The Morgan fingerprint density at radius 2 is 1.64 bits per heavy atom. The van der Waals surface area contributed by atoms with Gasteiger partial charge in [0.2, 0.25) is 0 Å².